The van der Waals surface area contributed by atoms with Crippen LogP contribution in [0.2, 0.25) is 0 Å². The lowest BCUT2D eigenvalue weighted by atomic mass is 10.1. The summed E-state index contributed by atoms with van der Waals surface area (Å²) in [4.78, 5) is 11.6. The largest absolute Gasteiger partial charge is 0.352 e. The van der Waals surface area contributed by atoms with Crippen LogP contribution < -0.4 is 5.32 Å². The average molecular weight is 191 g/mol. The van der Waals surface area contributed by atoms with Crippen molar-refractivity contribution in [3.05, 3.63) is 35.9 Å². The molecular weight excluding hydrogens is 174 g/mol. The number of hydrogen-bond donors (Lipinski definition) is 1. The molecule has 0 bridgehead atoms. The molecule has 76 valence electrons. The number of benzene rings is 1. The van der Waals surface area contributed by atoms with E-state index < -0.39 is 0 Å². The van der Waals surface area contributed by atoms with Gasteiger partial charge in [-0.05, 0) is 18.1 Å². The van der Waals surface area contributed by atoms with Crippen molar-refractivity contribution in [3.8, 4) is 0 Å². The number of amides is 1. The van der Waals surface area contributed by atoms with Crippen molar-refractivity contribution in [1.82, 2.24) is 5.32 Å². The van der Waals surface area contributed by atoms with Gasteiger partial charge in [-0.25, -0.2) is 0 Å². The zero-order chi connectivity index (χ0) is 10.4. The number of carbonyl (C=O) groups is 1. The van der Waals surface area contributed by atoms with E-state index in [2.05, 4.69) is 19.2 Å². The van der Waals surface area contributed by atoms with Crippen LogP contribution in [0.5, 0.6) is 0 Å². The molecule has 0 unspecified atom stereocenters. The summed E-state index contributed by atoms with van der Waals surface area (Å²) < 4.78 is 0. The lowest BCUT2D eigenvalue weighted by Gasteiger charge is -2.09. The van der Waals surface area contributed by atoms with Gasteiger partial charge < -0.3 is 5.32 Å². The Balaban J connectivity index is 2.44. The Kier molecular flexibility index (Phi) is 4.17. The van der Waals surface area contributed by atoms with Crippen molar-refractivity contribution in [2.45, 2.75) is 20.3 Å². The van der Waals surface area contributed by atoms with E-state index in [-0.39, 0.29) is 5.91 Å². The summed E-state index contributed by atoms with van der Waals surface area (Å²) in [5.41, 5.74) is 0.732. The Hall–Kier alpha value is -1.31. The number of rotatable bonds is 4. The molecule has 1 rings (SSSR count). The van der Waals surface area contributed by atoms with Crippen LogP contribution in [0.3, 0.4) is 0 Å². The summed E-state index contributed by atoms with van der Waals surface area (Å²) in [5.74, 6) is 0.563. The van der Waals surface area contributed by atoms with Crippen molar-refractivity contribution in [1.29, 1.82) is 0 Å². The molecule has 0 radical (unpaired) electrons. The Morgan fingerprint density at radius 3 is 2.57 bits per heavy atom. The SMILES string of the molecule is CC[C@H](C)CNC(=O)c1ccccc1. The van der Waals surface area contributed by atoms with Gasteiger partial charge in [0, 0.05) is 12.1 Å². The van der Waals surface area contributed by atoms with Crippen LogP contribution in [0.4, 0.5) is 0 Å². The van der Waals surface area contributed by atoms with Gasteiger partial charge in [-0.15, -0.1) is 0 Å². The molecule has 2 heteroatoms. The predicted octanol–water partition coefficient (Wildman–Crippen LogP) is 2.46. The summed E-state index contributed by atoms with van der Waals surface area (Å²) in [6, 6.07) is 9.31. The van der Waals surface area contributed by atoms with Crippen molar-refractivity contribution in [2.24, 2.45) is 5.92 Å². The standard InChI is InChI=1S/C12H17NO/c1-3-10(2)9-13-12(14)11-7-5-4-6-8-11/h4-8,10H,3,9H2,1-2H3,(H,13,14)/t10-/m0/s1. The van der Waals surface area contributed by atoms with Gasteiger partial charge in [0.05, 0.1) is 0 Å². The van der Waals surface area contributed by atoms with Gasteiger partial charge in [0.2, 0.25) is 0 Å². The van der Waals surface area contributed by atoms with Crippen LogP contribution in [0.15, 0.2) is 30.3 Å². The summed E-state index contributed by atoms with van der Waals surface area (Å²) in [6.07, 6.45) is 1.09. The summed E-state index contributed by atoms with van der Waals surface area (Å²) in [7, 11) is 0. The van der Waals surface area contributed by atoms with E-state index in [0.717, 1.165) is 18.5 Å². The zero-order valence-electron chi connectivity index (χ0n) is 8.79. The van der Waals surface area contributed by atoms with Gasteiger partial charge in [0.25, 0.3) is 5.91 Å². The van der Waals surface area contributed by atoms with Crippen LogP contribution in [0.25, 0.3) is 0 Å². The maximum absolute atomic E-state index is 11.6. The van der Waals surface area contributed by atoms with Crippen molar-refractivity contribution >= 4 is 5.91 Å². The first-order valence-electron chi connectivity index (χ1n) is 5.07. The molecular formula is C12H17NO. The molecule has 0 aliphatic heterocycles. The van der Waals surface area contributed by atoms with E-state index in [9.17, 15) is 4.79 Å². The summed E-state index contributed by atoms with van der Waals surface area (Å²) >= 11 is 0. The molecule has 0 saturated carbocycles. The lowest BCUT2D eigenvalue weighted by Crippen LogP contribution is -2.27. The second kappa shape index (κ2) is 5.43. The van der Waals surface area contributed by atoms with Gasteiger partial charge >= 0.3 is 0 Å². The highest BCUT2D eigenvalue weighted by atomic mass is 16.1. The Labute approximate surface area is 85.3 Å². The van der Waals surface area contributed by atoms with Crippen LogP contribution in [-0.4, -0.2) is 12.5 Å². The monoisotopic (exact) mass is 191 g/mol. The Morgan fingerprint density at radius 2 is 2.00 bits per heavy atom. The van der Waals surface area contributed by atoms with Crippen molar-refractivity contribution < 1.29 is 4.79 Å². The fourth-order valence-corrected chi connectivity index (χ4v) is 1.10. The van der Waals surface area contributed by atoms with E-state index in [4.69, 9.17) is 0 Å². The fourth-order valence-electron chi connectivity index (χ4n) is 1.10. The number of nitrogens with one attached hydrogen (secondary N) is 1. The van der Waals surface area contributed by atoms with Crippen LogP contribution in [0.1, 0.15) is 30.6 Å². The highest BCUT2D eigenvalue weighted by Gasteiger charge is 2.05. The van der Waals surface area contributed by atoms with Crippen molar-refractivity contribution in [3.63, 3.8) is 0 Å². The van der Waals surface area contributed by atoms with Gasteiger partial charge in [0.1, 0.15) is 0 Å². The van der Waals surface area contributed by atoms with Gasteiger partial charge in [-0.1, -0.05) is 38.5 Å². The van der Waals surface area contributed by atoms with E-state index >= 15 is 0 Å². The molecule has 14 heavy (non-hydrogen) atoms. The van der Waals surface area contributed by atoms with E-state index in [1.54, 1.807) is 0 Å². The highest BCUT2D eigenvalue weighted by molar-refractivity contribution is 5.94. The third-order valence-electron chi connectivity index (χ3n) is 2.34. The number of carbonyl (C=O) groups excluding carboxylic acids is 1. The first kappa shape index (κ1) is 10.8. The minimum Gasteiger partial charge on any atom is -0.352 e. The molecule has 1 aromatic rings. The Bertz CT molecular complexity index is 282. The quantitative estimate of drug-likeness (QED) is 0.778. The maximum atomic E-state index is 11.6. The molecule has 2 nitrogen and oxygen atoms in total. The summed E-state index contributed by atoms with van der Waals surface area (Å²) in [6.45, 7) is 5.01. The smallest absolute Gasteiger partial charge is 0.251 e. The second-order valence-electron chi connectivity index (χ2n) is 3.59. The van der Waals surface area contributed by atoms with Gasteiger partial charge in [-0.2, -0.15) is 0 Å². The molecule has 1 aromatic carbocycles. The van der Waals surface area contributed by atoms with E-state index in [1.807, 2.05) is 30.3 Å². The van der Waals surface area contributed by atoms with Crippen LogP contribution >= 0.6 is 0 Å². The molecule has 0 heterocycles. The molecule has 1 amide bonds. The topological polar surface area (TPSA) is 29.1 Å². The second-order valence-corrected chi connectivity index (χ2v) is 3.59. The molecule has 0 aliphatic rings. The first-order chi connectivity index (χ1) is 6.74. The Morgan fingerprint density at radius 1 is 1.36 bits per heavy atom. The zero-order valence-corrected chi connectivity index (χ0v) is 8.79. The predicted molar refractivity (Wildman–Crippen MR) is 58.2 cm³/mol. The van der Waals surface area contributed by atoms with Gasteiger partial charge in [0.15, 0.2) is 0 Å². The van der Waals surface area contributed by atoms with Crippen molar-refractivity contribution in [2.75, 3.05) is 6.54 Å². The van der Waals surface area contributed by atoms with Gasteiger partial charge in [-0.3, -0.25) is 4.79 Å². The fraction of sp³-hybridized carbons (Fsp3) is 0.417. The van der Waals surface area contributed by atoms with Crippen LogP contribution in [0, 0.1) is 5.92 Å². The van der Waals surface area contributed by atoms with E-state index in [0.29, 0.717) is 5.92 Å². The first-order valence-corrected chi connectivity index (χ1v) is 5.07. The number of hydrogen-bond acceptors (Lipinski definition) is 1. The molecule has 0 fully saturated rings. The molecule has 0 aromatic heterocycles. The highest BCUT2D eigenvalue weighted by Crippen LogP contribution is 2.00. The molecule has 0 spiro atoms. The third-order valence-corrected chi connectivity index (χ3v) is 2.34. The molecule has 1 N–H and O–H groups in total. The average Bonchev–Trinajstić information content (AvgIpc) is 2.26. The molecule has 1 atom stereocenters. The minimum atomic E-state index is 0.0194. The maximum Gasteiger partial charge on any atom is 0.251 e. The third kappa shape index (κ3) is 3.21. The molecule has 0 aliphatic carbocycles. The summed E-state index contributed by atoms with van der Waals surface area (Å²) in [5, 5.41) is 2.91. The normalized spacial score (nSPS) is 12.1. The lowest BCUT2D eigenvalue weighted by molar-refractivity contribution is 0.0948. The molecule has 0 saturated heterocycles. The van der Waals surface area contributed by atoms with E-state index in [1.165, 1.54) is 0 Å². The minimum absolute atomic E-state index is 0.0194. The van der Waals surface area contributed by atoms with Crippen LogP contribution in [-0.2, 0) is 0 Å².